The van der Waals surface area contributed by atoms with Crippen molar-refractivity contribution in [1.82, 2.24) is 5.32 Å². The van der Waals surface area contributed by atoms with Crippen molar-refractivity contribution < 1.29 is 24.2 Å². The van der Waals surface area contributed by atoms with E-state index in [-0.39, 0.29) is 19.4 Å². The van der Waals surface area contributed by atoms with Crippen LogP contribution >= 0.6 is 0 Å². The van der Waals surface area contributed by atoms with Gasteiger partial charge < -0.3 is 19.9 Å². The van der Waals surface area contributed by atoms with Crippen LogP contribution in [0.5, 0.6) is 0 Å². The number of nitrogens with one attached hydrogen (secondary N) is 1. The van der Waals surface area contributed by atoms with Gasteiger partial charge in [0.1, 0.15) is 18.2 Å². The molecule has 0 radical (unpaired) electrons. The highest BCUT2D eigenvalue weighted by molar-refractivity contribution is 5.81. The molecule has 25 heavy (non-hydrogen) atoms. The predicted molar refractivity (Wildman–Crippen MR) is 94.8 cm³/mol. The van der Waals surface area contributed by atoms with E-state index in [4.69, 9.17) is 9.47 Å². The van der Waals surface area contributed by atoms with Crippen molar-refractivity contribution in [2.75, 3.05) is 0 Å². The van der Waals surface area contributed by atoms with Gasteiger partial charge in [0.15, 0.2) is 0 Å². The molecule has 6 nitrogen and oxygen atoms in total. The number of alkyl carbamates (subject to hydrolysis) is 1. The molecule has 138 valence electrons. The summed E-state index contributed by atoms with van der Waals surface area (Å²) in [5.41, 5.74) is 0.168. The van der Waals surface area contributed by atoms with Crippen LogP contribution in [0.4, 0.5) is 4.79 Å². The summed E-state index contributed by atoms with van der Waals surface area (Å²) >= 11 is 0. The Morgan fingerprint density at radius 1 is 1.24 bits per heavy atom. The monoisotopic (exact) mass is 349 g/mol. The van der Waals surface area contributed by atoms with Crippen LogP contribution in [-0.4, -0.2) is 34.9 Å². The third kappa shape index (κ3) is 8.91. The fourth-order valence-electron chi connectivity index (χ4n) is 1.98. The summed E-state index contributed by atoms with van der Waals surface area (Å²) in [6, 6.07) is 8.33. The quantitative estimate of drug-likeness (QED) is 0.557. The normalized spacial score (nSPS) is 13.4. The third-order valence-electron chi connectivity index (χ3n) is 3.22. The first-order valence-electron chi connectivity index (χ1n) is 8.22. The van der Waals surface area contributed by atoms with Crippen LogP contribution in [0.1, 0.15) is 39.2 Å². The number of aliphatic hydroxyl groups is 1. The number of aliphatic hydroxyl groups excluding tert-OH is 1. The van der Waals surface area contributed by atoms with Gasteiger partial charge in [0.25, 0.3) is 0 Å². The maximum atomic E-state index is 12.3. The van der Waals surface area contributed by atoms with Crippen molar-refractivity contribution in [3.05, 3.63) is 48.6 Å². The standard InChI is InChI=1S/C19H27NO5/c1-5-15(21)11-12-16(20-18(23)25-19(2,3)4)17(22)24-13-14-9-7-6-8-10-14/h5-10,15-16,21H,1,11-13H2,2-4H3,(H,20,23)/t15?,16-/m0/s1. The Balaban J connectivity index is 2.66. The first-order valence-corrected chi connectivity index (χ1v) is 8.22. The molecular formula is C19H27NO5. The number of rotatable bonds is 8. The van der Waals surface area contributed by atoms with Crippen molar-refractivity contribution in [2.24, 2.45) is 0 Å². The summed E-state index contributed by atoms with van der Waals surface area (Å²) in [5.74, 6) is -0.578. The second kappa shape index (κ2) is 9.84. The van der Waals surface area contributed by atoms with Crippen LogP contribution in [0, 0.1) is 0 Å². The maximum absolute atomic E-state index is 12.3. The van der Waals surface area contributed by atoms with Gasteiger partial charge in [-0.05, 0) is 39.2 Å². The highest BCUT2D eigenvalue weighted by Gasteiger charge is 2.26. The number of esters is 1. The molecule has 0 saturated carbocycles. The highest BCUT2D eigenvalue weighted by Crippen LogP contribution is 2.10. The van der Waals surface area contributed by atoms with Crippen molar-refractivity contribution in [3.8, 4) is 0 Å². The molecule has 0 aromatic heterocycles. The Bertz CT molecular complexity index is 565. The van der Waals surface area contributed by atoms with Crippen LogP contribution in [0.2, 0.25) is 0 Å². The molecule has 0 bridgehead atoms. The fourth-order valence-corrected chi connectivity index (χ4v) is 1.98. The summed E-state index contributed by atoms with van der Waals surface area (Å²) < 4.78 is 10.4. The summed E-state index contributed by atoms with van der Waals surface area (Å²) in [6.45, 7) is 8.80. The molecule has 0 fully saturated rings. The SMILES string of the molecule is C=CC(O)CC[C@H](NC(=O)OC(C)(C)C)C(=O)OCc1ccccc1. The average Bonchev–Trinajstić information content (AvgIpc) is 2.55. The van der Waals surface area contributed by atoms with Crippen molar-refractivity contribution in [1.29, 1.82) is 0 Å². The Labute approximate surface area is 148 Å². The number of amides is 1. The van der Waals surface area contributed by atoms with E-state index in [2.05, 4.69) is 11.9 Å². The molecule has 0 aliphatic rings. The second-order valence-corrected chi connectivity index (χ2v) is 6.67. The smallest absolute Gasteiger partial charge is 0.408 e. The van der Waals surface area contributed by atoms with E-state index >= 15 is 0 Å². The topological polar surface area (TPSA) is 84.9 Å². The lowest BCUT2D eigenvalue weighted by Gasteiger charge is -2.23. The maximum Gasteiger partial charge on any atom is 0.408 e. The van der Waals surface area contributed by atoms with E-state index < -0.39 is 29.8 Å². The molecule has 1 aromatic rings. The van der Waals surface area contributed by atoms with E-state index in [1.165, 1.54) is 6.08 Å². The zero-order chi connectivity index (χ0) is 18.9. The van der Waals surface area contributed by atoms with Gasteiger partial charge in [-0.2, -0.15) is 0 Å². The van der Waals surface area contributed by atoms with Crippen molar-refractivity contribution in [2.45, 2.75) is 58.0 Å². The molecule has 0 saturated heterocycles. The lowest BCUT2D eigenvalue weighted by molar-refractivity contribution is -0.147. The number of hydrogen-bond acceptors (Lipinski definition) is 5. The van der Waals surface area contributed by atoms with E-state index in [0.29, 0.717) is 0 Å². The first-order chi connectivity index (χ1) is 11.7. The zero-order valence-electron chi connectivity index (χ0n) is 15.0. The minimum absolute atomic E-state index is 0.107. The Morgan fingerprint density at radius 2 is 1.88 bits per heavy atom. The summed E-state index contributed by atoms with van der Waals surface area (Å²) in [7, 11) is 0. The van der Waals surface area contributed by atoms with Gasteiger partial charge in [-0.1, -0.05) is 36.4 Å². The van der Waals surface area contributed by atoms with E-state index in [1.807, 2.05) is 30.3 Å². The molecular weight excluding hydrogens is 322 g/mol. The summed E-state index contributed by atoms with van der Waals surface area (Å²) in [5, 5.41) is 12.1. The number of benzene rings is 1. The van der Waals surface area contributed by atoms with Gasteiger partial charge in [-0.25, -0.2) is 9.59 Å². The molecule has 1 aromatic carbocycles. The molecule has 2 atom stereocenters. The fraction of sp³-hybridized carbons (Fsp3) is 0.474. The van der Waals surface area contributed by atoms with Crippen LogP contribution in [0.15, 0.2) is 43.0 Å². The number of carbonyl (C=O) groups excluding carboxylic acids is 2. The molecule has 1 unspecified atom stereocenters. The lowest BCUT2D eigenvalue weighted by Crippen LogP contribution is -2.44. The number of hydrogen-bond donors (Lipinski definition) is 2. The molecule has 0 heterocycles. The van der Waals surface area contributed by atoms with Crippen molar-refractivity contribution >= 4 is 12.1 Å². The number of ether oxygens (including phenoxy) is 2. The Hall–Kier alpha value is -2.34. The van der Waals surface area contributed by atoms with Gasteiger partial charge in [0.2, 0.25) is 0 Å². The highest BCUT2D eigenvalue weighted by atomic mass is 16.6. The number of carbonyl (C=O) groups is 2. The van der Waals surface area contributed by atoms with E-state index in [1.54, 1.807) is 20.8 Å². The lowest BCUT2D eigenvalue weighted by atomic mass is 10.1. The first kappa shape index (κ1) is 20.7. The Kier molecular flexibility index (Phi) is 8.15. The molecule has 1 amide bonds. The summed E-state index contributed by atoms with van der Waals surface area (Å²) in [6.07, 6.45) is 0.386. The molecule has 1 rings (SSSR count). The average molecular weight is 349 g/mol. The third-order valence-corrected chi connectivity index (χ3v) is 3.22. The molecule has 0 aliphatic carbocycles. The molecule has 6 heteroatoms. The Morgan fingerprint density at radius 3 is 2.44 bits per heavy atom. The molecule has 2 N–H and O–H groups in total. The van der Waals surface area contributed by atoms with E-state index in [9.17, 15) is 14.7 Å². The van der Waals surface area contributed by atoms with Crippen LogP contribution in [0.3, 0.4) is 0 Å². The van der Waals surface area contributed by atoms with Crippen LogP contribution in [0.25, 0.3) is 0 Å². The molecule has 0 spiro atoms. The van der Waals surface area contributed by atoms with Gasteiger partial charge in [0.05, 0.1) is 6.10 Å². The van der Waals surface area contributed by atoms with Gasteiger partial charge in [0, 0.05) is 0 Å². The largest absolute Gasteiger partial charge is 0.459 e. The zero-order valence-corrected chi connectivity index (χ0v) is 15.0. The predicted octanol–water partition coefficient (Wildman–Crippen LogP) is 2.95. The summed E-state index contributed by atoms with van der Waals surface area (Å²) in [4.78, 5) is 24.3. The molecule has 0 aliphatic heterocycles. The van der Waals surface area contributed by atoms with Gasteiger partial charge in [-0.3, -0.25) is 0 Å². The van der Waals surface area contributed by atoms with Gasteiger partial charge >= 0.3 is 12.1 Å². The van der Waals surface area contributed by atoms with Crippen LogP contribution < -0.4 is 5.32 Å². The van der Waals surface area contributed by atoms with Gasteiger partial charge in [-0.15, -0.1) is 6.58 Å². The van der Waals surface area contributed by atoms with Crippen molar-refractivity contribution in [3.63, 3.8) is 0 Å². The minimum Gasteiger partial charge on any atom is -0.459 e. The second-order valence-electron chi connectivity index (χ2n) is 6.67. The van der Waals surface area contributed by atoms with Crippen LogP contribution in [-0.2, 0) is 20.9 Å². The minimum atomic E-state index is -0.909. The van der Waals surface area contributed by atoms with E-state index in [0.717, 1.165) is 5.56 Å².